The highest BCUT2D eigenvalue weighted by Crippen LogP contribution is 2.19. The lowest BCUT2D eigenvalue weighted by Crippen LogP contribution is -2.42. The number of carbonyl (C=O) groups excluding carboxylic acids is 1. The molecule has 0 radical (unpaired) electrons. The quantitative estimate of drug-likeness (QED) is 0.884. The lowest BCUT2D eigenvalue weighted by molar-refractivity contribution is -0.119. The number of benzene rings is 2. The molecule has 1 heterocycles. The molecule has 0 bridgehead atoms. The molecular weight excluding hydrogens is 326 g/mol. The van der Waals surface area contributed by atoms with E-state index in [4.69, 9.17) is 0 Å². The zero-order valence-corrected chi connectivity index (χ0v) is 14.1. The summed E-state index contributed by atoms with van der Waals surface area (Å²) in [7, 11) is -3.66. The first-order valence-corrected chi connectivity index (χ1v) is 9.07. The summed E-state index contributed by atoms with van der Waals surface area (Å²) in [6.45, 7) is 2.15. The van der Waals surface area contributed by atoms with Crippen LogP contribution in [0.2, 0.25) is 0 Å². The van der Waals surface area contributed by atoms with E-state index in [-0.39, 0.29) is 19.0 Å². The molecule has 0 aliphatic carbocycles. The molecule has 0 unspecified atom stereocenters. The van der Waals surface area contributed by atoms with Crippen molar-refractivity contribution in [1.29, 1.82) is 0 Å². The third-order valence-electron chi connectivity index (χ3n) is 3.88. The summed E-state index contributed by atoms with van der Waals surface area (Å²) in [5.74, 6) is -0.342. The molecule has 3 rings (SSSR count). The van der Waals surface area contributed by atoms with Crippen LogP contribution in [-0.2, 0) is 21.5 Å². The summed E-state index contributed by atoms with van der Waals surface area (Å²) in [6, 6.07) is 15.8. The first kappa shape index (κ1) is 16.6. The fourth-order valence-corrected chi connectivity index (χ4v) is 4.03. The minimum Gasteiger partial charge on any atom is -0.325 e. The lowest BCUT2D eigenvalue weighted by atomic mass is 10.2. The van der Waals surface area contributed by atoms with Gasteiger partial charge in [-0.15, -0.1) is 0 Å². The van der Waals surface area contributed by atoms with Gasteiger partial charge < -0.3 is 5.32 Å². The molecule has 0 saturated carbocycles. The second-order valence-electron chi connectivity index (χ2n) is 5.76. The van der Waals surface area contributed by atoms with Gasteiger partial charge in [0.2, 0.25) is 5.91 Å². The average Bonchev–Trinajstić information content (AvgIpc) is 2.83. The normalized spacial score (nSPS) is 20.0. The Bertz CT molecular complexity index is 837. The van der Waals surface area contributed by atoms with Crippen molar-refractivity contribution in [2.45, 2.75) is 19.5 Å². The topological polar surface area (TPSA) is 78.5 Å². The molecule has 2 aromatic carbocycles. The van der Waals surface area contributed by atoms with Gasteiger partial charge in [-0.1, -0.05) is 42.5 Å². The molecule has 24 heavy (non-hydrogen) atoms. The molecule has 0 spiro atoms. The van der Waals surface area contributed by atoms with Gasteiger partial charge in [0.1, 0.15) is 6.04 Å². The Balaban J connectivity index is 1.79. The Morgan fingerprint density at radius 3 is 2.67 bits per heavy atom. The Labute approximate surface area is 141 Å². The third kappa shape index (κ3) is 3.64. The fourth-order valence-electron chi connectivity index (χ4n) is 2.67. The zero-order valence-electron chi connectivity index (χ0n) is 13.3. The number of amides is 1. The minimum absolute atomic E-state index is 0.0623. The van der Waals surface area contributed by atoms with Crippen LogP contribution in [0.15, 0.2) is 54.6 Å². The molecule has 1 atom stereocenters. The van der Waals surface area contributed by atoms with E-state index in [9.17, 15) is 13.2 Å². The van der Waals surface area contributed by atoms with Gasteiger partial charge in [-0.25, -0.2) is 0 Å². The molecule has 7 heteroatoms. The summed E-state index contributed by atoms with van der Waals surface area (Å²) in [6.07, 6.45) is 0. The van der Waals surface area contributed by atoms with Crippen molar-refractivity contribution in [3.05, 3.63) is 65.7 Å². The van der Waals surface area contributed by atoms with Gasteiger partial charge in [0.05, 0.1) is 0 Å². The maximum atomic E-state index is 12.6. The molecule has 1 aliphatic heterocycles. The van der Waals surface area contributed by atoms with Gasteiger partial charge in [-0.3, -0.25) is 4.79 Å². The third-order valence-corrected chi connectivity index (χ3v) is 5.42. The predicted molar refractivity (Wildman–Crippen MR) is 92.5 cm³/mol. The maximum absolute atomic E-state index is 12.6. The van der Waals surface area contributed by atoms with Gasteiger partial charge >= 0.3 is 0 Å². The highest BCUT2D eigenvalue weighted by atomic mass is 32.2. The number of hydrogen-bond acceptors (Lipinski definition) is 3. The number of carbonyl (C=O) groups is 1. The van der Waals surface area contributed by atoms with Crippen molar-refractivity contribution in [2.75, 3.05) is 11.9 Å². The van der Waals surface area contributed by atoms with Crippen LogP contribution in [0.5, 0.6) is 0 Å². The van der Waals surface area contributed by atoms with Crippen molar-refractivity contribution in [1.82, 2.24) is 9.03 Å². The second-order valence-corrected chi connectivity index (χ2v) is 7.47. The molecule has 2 aromatic rings. The van der Waals surface area contributed by atoms with Crippen molar-refractivity contribution in [3.8, 4) is 0 Å². The highest BCUT2D eigenvalue weighted by molar-refractivity contribution is 7.87. The smallest absolute Gasteiger partial charge is 0.280 e. The Kier molecular flexibility index (Phi) is 4.66. The van der Waals surface area contributed by atoms with E-state index in [1.54, 1.807) is 6.07 Å². The van der Waals surface area contributed by atoms with Crippen molar-refractivity contribution in [3.63, 3.8) is 0 Å². The summed E-state index contributed by atoms with van der Waals surface area (Å²) in [5, 5.41) is 2.79. The SMILES string of the molecule is Cc1cccc(NC(=O)[C@@H]2CNS(=O)(=O)N2Cc2ccccc2)c1. The highest BCUT2D eigenvalue weighted by Gasteiger charge is 2.41. The molecule has 1 saturated heterocycles. The van der Waals surface area contributed by atoms with Crippen LogP contribution in [0, 0.1) is 6.92 Å². The number of hydrogen-bond donors (Lipinski definition) is 2. The second kappa shape index (κ2) is 6.72. The van der Waals surface area contributed by atoms with Gasteiger partial charge in [-0.2, -0.15) is 17.4 Å². The largest absolute Gasteiger partial charge is 0.325 e. The van der Waals surface area contributed by atoms with Gasteiger partial charge in [-0.05, 0) is 30.2 Å². The van der Waals surface area contributed by atoms with Crippen molar-refractivity contribution < 1.29 is 13.2 Å². The maximum Gasteiger partial charge on any atom is 0.280 e. The van der Waals surface area contributed by atoms with Crippen LogP contribution in [0.4, 0.5) is 5.69 Å². The van der Waals surface area contributed by atoms with E-state index in [1.165, 1.54) is 4.31 Å². The number of anilines is 1. The molecular formula is C17H19N3O3S. The summed E-state index contributed by atoms with van der Waals surface area (Å²) in [4.78, 5) is 12.6. The summed E-state index contributed by atoms with van der Waals surface area (Å²) < 4.78 is 28.1. The Morgan fingerprint density at radius 2 is 1.96 bits per heavy atom. The molecule has 2 N–H and O–H groups in total. The Hall–Kier alpha value is -2.22. The van der Waals surface area contributed by atoms with Gasteiger partial charge in [0, 0.05) is 18.8 Å². The number of rotatable bonds is 4. The Morgan fingerprint density at radius 1 is 1.21 bits per heavy atom. The van der Waals surface area contributed by atoms with E-state index in [0.717, 1.165) is 11.1 Å². The summed E-state index contributed by atoms with van der Waals surface area (Å²) >= 11 is 0. The first-order valence-electron chi connectivity index (χ1n) is 7.63. The summed E-state index contributed by atoms with van der Waals surface area (Å²) in [5.41, 5.74) is 2.51. The van der Waals surface area contributed by atoms with Crippen LogP contribution < -0.4 is 10.0 Å². The van der Waals surface area contributed by atoms with Crippen LogP contribution in [-0.4, -0.2) is 31.2 Å². The van der Waals surface area contributed by atoms with Crippen LogP contribution in [0.25, 0.3) is 0 Å². The fraction of sp³-hybridized carbons (Fsp3) is 0.235. The van der Waals surface area contributed by atoms with Gasteiger partial charge in [0.25, 0.3) is 10.2 Å². The molecule has 1 aliphatic rings. The number of aryl methyl sites for hydroxylation is 1. The minimum atomic E-state index is -3.66. The van der Waals surface area contributed by atoms with E-state index >= 15 is 0 Å². The molecule has 0 aromatic heterocycles. The predicted octanol–water partition coefficient (Wildman–Crippen LogP) is 1.65. The van der Waals surface area contributed by atoms with Crippen LogP contribution in [0.3, 0.4) is 0 Å². The lowest BCUT2D eigenvalue weighted by Gasteiger charge is -2.21. The molecule has 1 fully saturated rings. The first-order chi connectivity index (χ1) is 11.5. The van der Waals surface area contributed by atoms with E-state index in [0.29, 0.717) is 5.69 Å². The van der Waals surface area contributed by atoms with Crippen LogP contribution in [0.1, 0.15) is 11.1 Å². The van der Waals surface area contributed by atoms with E-state index in [1.807, 2.05) is 55.5 Å². The van der Waals surface area contributed by atoms with E-state index in [2.05, 4.69) is 10.0 Å². The zero-order chi connectivity index (χ0) is 17.2. The molecule has 1 amide bonds. The molecule has 6 nitrogen and oxygen atoms in total. The van der Waals surface area contributed by atoms with E-state index < -0.39 is 16.3 Å². The standard InChI is InChI=1S/C17H19N3O3S/c1-13-6-5-9-15(10-13)19-17(21)16-11-18-24(22,23)20(16)12-14-7-3-2-4-8-14/h2-10,16,18H,11-12H2,1H3,(H,19,21)/t16-/m0/s1. The van der Waals surface area contributed by atoms with Crippen LogP contribution >= 0.6 is 0 Å². The molecule has 126 valence electrons. The van der Waals surface area contributed by atoms with Crippen molar-refractivity contribution >= 4 is 21.8 Å². The number of nitrogens with one attached hydrogen (secondary N) is 2. The van der Waals surface area contributed by atoms with Crippen molar-refractivity contribution in [2.24, 2.45) is 0 Å². The van der Waals surface area contributed by atoms with Gasteiger partial charge in [0.15, 0.2) is 0 Å². The monoisotopic (exact) mass is 345 g/mol. The number of nitrogens with zero attached hydrogens (tertiary/aromatic N) is 1. The average molecular weight is 345 g/mol.